The molecule has 278 valence electrons. The van der Waals surface area contributed by atoms with Crippen molar-refractivity contribution in [3.05, 3.63) is 144 Å². The number of esters is 2. The Labute approximate surface area is 318 Å². The maximum atomic E-state index is 12.7. The Morgan fingerprint density at radius 1 is 0.481 bits per heavy atom. The first-order valence-corrected chi connectivity index (χ1v) is 18.8. The number of benzene rings is 5. The number of aliphatic imine (C=N–C) groups is 2. The van der Waals surface area contributed by atoms with E-state index in [1.54, 1.807) is 85.2 Å². The molecule has 0 amide bonds. The van der Waals surface area contributed by atoms with E-state index in [1.807, 2.05) is 48.5 Å². The van der Waals surface area contributed by atoms with Crippen LogP contribution >= 0.6 is 0 Å². The van der Waals surface area contributed by atoms with Gasteiger partial charge in [-0.25, -0.2) is 9.59 Å². The lowest BCUT2D eigenvalue weighted by Crippen LogP contribution is -2.08. The number of hydrogen-bond acceptors (Lipinski definition) is 8. The van der Waals surface area contributed by atoms with Crippen LogP contribution < -0.4 is 18.9 Å². The Hall–Kier alpha value is -6.02. The highest BCUT2D eigenvalue weighted by Gasteiger charge is 2.10. The minimum Gasteiger partial charge on any atom is -0.494 e. The second-order valence-corrected chi connectivity index (χ2v) is 12.8. The average Bonchev–Trinajstić information content (AvgIpc) is 3.21. The maximum Gasteiger partial charge on any atom is 0.343 e. The summed E-state index contributed by atoms with van der Waals surface area (Å²) >= 11 is 0. The molecule has 8 heteroatoms. The molecule has 0 heterocycles. The zero-order chi connectivity index (χ0) is 37.8. The summed E-state index contributed by atoms with van der Waals surface area (Å²) in [6.45, 7) is 5.73. The van der Waals surface area contributed by atoms with E-state index in [1.165, 1.54) is 25.7 Å². The van der Waals surface area contributed by atoms with Crippen molar-refractivity contribution in [2.24, 2.45) is 9.98 Å². The van der Waals surface area contributed by atoms with Crippen molar-refractivity contribution in [1.29, 1.82) is 0 Å². The van der Waals surface area contributed by atoms with Gasteiger partial charge in [0.1, 0.15) is 23.0 Å². The molecule has 0 atom stereocenters. The van der Waals surface area contributed by atoms with Gasteiger partial charge < -0.3 is 18.9 Å². The van der Waals surface area contributed by atoms with Gasteiger partial charge in [0.15, 0.2) is 0 Å². The molecule has 0 unspecified atom stereocenters. The lowest BCUT2D eigenvalue weighted by atomic mass is 10.1. The van der Waals surface area contributed by atoms with Gasteiger partial charge >= 0.3 is 11.9 Å². The van der Waals surface area contributed by atoms with Crippen LogP contribution in [0.25, 0.3) is 0 Å². The monoisotopic (exact) mass is 724 g/mol. The highest BCUT2D eigenvalue weighted by Crippen LogP contribution is 2.22. The van der Waals surface area contributed by atoms with Crippen molar-refractivity contribution in [3.8, 4) is 23.0 Å². The van der Waals surface area contributed by atoms with Gasteiger partial charge in [-0.1, -0.05) is 70.6 Å². The molecule has 0 bridgehead atoms. The van der Waals surface area contributed by atoms with E-state index in [4.69, 9.17) is 18.9 Å². The van der Waals surface area contributed by atoms with Crippen LogP contribution in [0.3, 0.4) is 0 Å². The summed E-state index contributed by atoms with van der Waals surface area (Å²) in [6.07, 6.45) is 12.7. The first-order chi connectivity index (χ1) is 26.5. The molecule has 54 heavy (non-hydrogen) atoms. The number of hydrogen-bond donors (Lipinski definition) is 0. The molecule has 0 aliphatic heterocycles. The standard InChI is InChI=1S/C46H48N2O6/c1-3-5-7-9-30-51-41-22-26-43(27-23-41)53-45(49)37-14-18-39(19-15-37)47-33-35-12-11-13-36(32-35)34-48-40-20-16-38(17-21-40)46(50)54-44-28-24-42(25-29-44)52-31-10-8-6-4-2/h11-29,32-34H,3-10,30-31H2,1-2H3. The summed E-state index contributed by atoms with van der Waals surface area (Å²) in [4.78, 5) is 34.5. The summed E-state index contributed by atoms with van der Waals surface area (Å²) in [5.41, 5.74) is 4.03. The third-order valence-corrected chi connectivity index (χ3v) is 8.44. The number of nitrogens with zero attached hydrogens (tertiary/aromatic N) is 2. The molecule has 0 radical (unpaired) electrons. The highest BCUT2D eigenvalue weighted by atomic mass is 16.5. The number of rotatable bonds is 20. The van der Waals surface area contributed by atoms with E-state index in [9.17, 15) is 9.59 Å². The van der Waals surface area contributed by atoms with Crippen molar-refractivity contribution in [1.82, 2.24) is 0 Å². The Balaban J connectivity index is 1.07. The SMILES string of the molecule is CCCCCCOc1ccc(OC(=O)c2ccc(N=Cc3cccc(C=Nc4ccc(C(=O)Oc5ccc(OCCCCCC)cc5)cc4)c3)cc2)cc1. The zero-order valence-corrected chi connectivity index (χ0v) is 31.1. The molecule has 0 saturated heterocycles. The van der Waals surface area contributed by atoms with Crippen LogP contribution in [-0.2, 0) is 0 Å². The predicted octanol–water partition coefficient (Wildman–Crippen LogP) is 11.5. The third-order valence-electron chi connectivity index (χ3n) is 8.44. The predicted molar refractivity (Wildman–Crippen MR) is 216 cm³/mol. The highest BCUT2D eigenvalue weighted by molar-refractivity contribution is 5.93. The van der Waals surface area contributed by atoms with Gasteiger partial charge in [-0.05, 0) is 127 Å². The van der Waals surface area contributed by atoms with E-state index in [0.717, 1.165) is 48.3 Å². The van der Waals surface area contributed by atoms with Crippen LogP contribution in [0, 0.1) is 0 Å². The van der Waals surface area contributed by atoms with Gasteiger partial charge in [-0.15, -0.1) is 0 Å². The number of carbonyl (C=O) groups is 2. The molecular formula is C46H48N2O6. The van der Waals surface area contributed by atoms with Gasteiger partial charge in [-0.2, -0.15) is 0 Å². The first-order valence-electron chi connectivity index (χ1n) is 18.8. The summed E-state index contributed by atoms with van der Waals surface area (Å²) in [6, 6.07) is 35.9. The second-order valence-electron chi connectivity index (χ2n) is 12.8. The molecule has 0 aromatic heterocycles. The molecule has 0 spiro atoms. The van der Waals surface area contributed by atoms with Crippen LogP contribution in [-0.4, -0.2) is 37.6 Å². The third kappa shape index (κ3) is 13.2. The summed E-state index contributed by atoms with van der Waals surface area (Å²) in [5, 5.41) is 0. The summed E-state index contributed by atoms with van der Waals surface area (Å²) in [5.74, 6) is 1.54. The van der Waals surface area contributed by atoms with Gasteiger partial charge in [0.2, 0.25) is 0 Å². The Kier molecular flexibility index (Phi) is 15.6. The number of unbranched alkanes of at least 4 members (excludes halogenated alkanes) is 6. The van der Waals surface area contributed by atoms with Crippen molar-refractivity contribution >= 4 is 35.7 Å². The van der Waals surface area contributed by atoms with Crippen LogP contribution in [0.2, 0.25) is 0 Å². The quantitative estimate of drug-likeness (QED) is 0.0343. The average molecular weight is 725 g/mol. The molecule has 0 fully saturated rings. The molecule has 0 saturated carbocycles. The van der Waals surface area contributed by atoms with E-state index < -0.39 is 11.9 Å². The molecule has 8 nitrogen and oxygen atoms in total. The fourth-order valence-corrected chi connectivity index (χ4v) is 5.36. The largest absolute Gasteiger partial charge is 0.494 e. The van der Waals surface area contributed by atoms with Crippen LogP contribution in [0.5, 0.6) is 23.0 Å². The van der Waals surface area contributed by atoms with Crippen LogP contribution in [0.4, 0.5) is 11.4 Å². The Bertz CT molecular complexity index is 1810. The molecule has 5 aromatic rings. The Morgan fingerprint density at radius 2 is 0.870 bits per heavy atom. The minimum absolute atomic E-state index is 0.428. The van der Waals surface area contributed by atoms with Crippen molar-refractivity contribution in [3.63, 3.8) is 0 Å². The molecule has 5 rings (SSSR count). The second kappa shape index (κ2) is 21.5. The van der Waals surface area contributed by atoms with Crippen LogP contribution in [0.1, 0.15) is 97.1 Å². The molecule has 0 aliphatic carbocycles. The fraction of sp³-hybridized carbons (Fsp3) is 0.261. The van der Waals surface area contributed by atoms with E-state index >= 15 is 0 Å². The Morgan fingerprint density at radius 3 is 1.26 bits per heavy atom. The number of carbonyl (C=O) groups excluding carboxylic acids is 2. The van der Waals surface area contributed by atoms with Crippen molar-refractivity contribution in [2.75, 3.05) is 13.2 Å². The van der Waals surface area contributed by atoms with E-state index in [-0.39, 0.29) is 0 Å². The van der Waals surface area contributed by atoms with E-state index in [0.29, 0.717) is 47.2 Å². The van der Waals surface area contributed by atoms with Crippen molar-refractivity contribution in [2.45, 2.75) is 65.2 Å². The first kappa shape index (κ1) is 39.2. The van der Waals surface area contributed by atoms with Gasteiger partial charge in [0.25, 0.3) is 0 Å². The molecular weight excluding hydrogens is 677 g/mol. The fourth-order valence-electron chi connectivity index (χ4n) is 5.36. The molecule has 5 aromatic carbocycles. The summed E-state index contributed by atoms with van der Waals surface area (Å²) < 4.78 is 22.6. The lowest BCUT2D eigenvalue weighted by molar-refractivity contribution is 0.0725. The lowest BCUT2D eigenvalue weighted by Gasteiger charge is -2.08. The topological polar surface area (TPSA) is 95.8 Å². The summed E-state index contributed by atoms with van der Waals surface area (Å²) in [7, 11) is 0. The number of ether oxygens (including phenoxy) is 4. The minimum atomic E-state index is -0.444. The van der Waals surface area contributed by atoms with Gasteiger partial charge in [-0.3, -0.25) is 9.98 Å². The zero-order valence-electron chi connectivity index (χ0n) is 31.1. The maximum absolute atomic E-state index is 12.7. The molecule has 0 aliphatic rings. The normalized spacial score (nSPS) is 11.1. The van der Waals surface area contributed by atoms with Gasteiger partial charge in [0.05, 0.1) is 35.7 Å². The van der Waals surface area contributed by atoms with Crippen LogP contribution in [0.15, 0.2) is 131 Å². The van der Waals surface area contributed by atoms with Gasteiger partial charge in [0, 0.05) is 12.4 Å². The molecule has 0 N–H and O–H groups in total. The van der Waals surface area contributed by atoms with Crippen molar-refractivity contribution < 1.29 is 28.5 Å². The smallest absolute Gasteiger partial charge is 0.343 e. The van der Waals surface area contributed by atoms with E-state index in [2.05, 4.69) is 23.8 Å².